The van der Waals surface area contributed by atoms with Crippen LogP contribution in [0.5, 0.6) is 5.75 Å². The minimum absolute atomic E-state index is 0.238. The standard InChI is InChI=1S/C18H13ClN2O3/c1-21(14-8-4-3-7-13(14)19)18(22)16-12-10-23-15-9-5-2-6-11(15)17(12)24-20-16/h2-9H,10H2,1H3. The van der Waals surface area contributed by atoms with Gasteiger partial charge in [-0.15, -0.1) is 0 Å². The molecule has 1 aromatic heterocycles. The van der Waals surface area contributed by atoms with Crippen molar-refractivity contribution < 1.29 is 14.1 Å². The van der Waals surface area contributed by atoms with Crippen molar-refractivity contribution >= 4 is 23.2 Å². The molecule has 0 aliphatic carbocycles. The Morgan fingerprint density at radius 1 is 1.17 bits per heavy atom. The summed E-state index contributed by atoms with van der Waals surface area (Å²) in [6, 6.07) is 14.7. The number of halogens is 1. The number of fused-ring (bicyclic) bond motifs is 3. The minimum Gasteiger partial charge on any atom is -0.488 e. The van der Waals surface area contributed by atoms with Gasteiger partial charge in [0.05, 0.1) is 21.8 Å². The monoisotopic (exact) mass is 340 g/mol. The van der Waals surface area contributed by atoms with Crippen LogP contribution in [-0.2, 0) is 6.61 Å². The summed E-state index contributed by atoms with van der Waals surface area (Å²) in [6.07, 6.45) is 0. The highest BCUT2D eigenvalue weighted by molar-refractivity contribution is 6.34. The normalized spacial score (nSPS) is 12.1. The molecule has 2 aromatic carbocycles. The topological polar surface area (TPSA) is 55.6 Å². The van der Waals surface area contributed by atoms with Crippen molar-refractivity contribution in [1.29, 1.82) is 0 Å². The van der Waals surface area contributed by atoms with E-state index in [0.29, 0.717) is 22.0 Å². The van der Waals surface area contributed by atoms with Crippen molar-refractivity contribution in [2.45, 2.75) is 6.61 Å². The maximum Gasteiger partial charge on any atom is 0.280 e. The molecule has 0 fully saturated rings. The fraction of sp³-hybridized carbons (Fsp3) is 0.111. The molecule has 0 atom stereocenters. The number of aromatic nitrogens is 1. The molecule has 1 aliphatic heterocycles. The van der Waals surface area contributed by atoms with E-state index in [0.717, 1.165) is 11.3 Å². The first kappa shape index (κ1) is 14.8. The molecule has 2 heterocycles. The molecule has 0 radical (unpaired) electrons. The zero-order valence-electron chi connectivity index (χ0n) is 12.8. The average molecular weight is 341 g/mol. The van der Waals surface area contributed by atoms with Gasteiger partial charge in [0.1, 0.15) is 12.4 Å². The molecule has 0 spiro atoms. The van der Waals surface area contributed by atoms with Crippen molar-refractivity contribution in [2.24, 2.45) is 0 Å². The smallest absolute Gasteiger partial charge is 0.280 e. The number of carbonyl (C=O) groups is 1. The van der Waals surface area contributed by atoms with Crippen LogP contribution in [0.15, 0.2) is 53.1 Å². The predicted molar refractivity (Wildman–Crippen MR) is 90.5 cm³/mol. The maximum atomic E-state index is 12.8. The van der Waals surface area contributed by atoms with E-state index >= 15 is 0 Å². The van der Waals surface area contributed by atoms with Crippen molar-refractivity contribution in [3.8, 4) is 17.1 Å². The van der Waals surface area contributed by atoms with Gasteiger partial charge in [-0.25, -0.2) is 0 Å². The molecule has 120 valence electrons. The molecule has 0 saturated carbocycles. The van der Waals surface area contributed by atoms with Crippen molar-refractivity contribution in [1.82, 2.24) is 5.16 Å². The van der Waals surface area contributed by atoms with Crippen molar-refractivity contribution in [3.63, 3.8) is 0 Å². The summed E-state index contributed by atoms with van der Waals surface area (Å²) in [5, 5.41) is 4.48. The van der Waals surface area contributed by atoms with Gasteiger partial charge in [-0.3, -0.25) is 4.79 Å². The third-order valence-corrected chi connectivity index (χ3v) is 4.33. The number of hydrogen-bond acceptors (Lipinski definition) is 4. The van der Waals surface area contributed by atoms with E-state index in [1.54, 1.807) is 19.2 Å². The lowest BCUT2D eigenvalue weighted by Crippen LogP contribution is -2.28. The molecule has 1 amide bonds. The van der Waals surface area contributed by atoms with Crippen LogP contribution in [0.2, 0.25) is 5.02 Å². The third kappa shape index (κ3) is 2.25. The van der Waals surface area contributed by atoms with E-state index in [-0.39, 0.29) is 18.2 Å². The van der Waals surface area contributed by atoms with Crippen LogP contribution in [0.3, 0.4) is 0 Å². The van der Waals surface area contributed by atoms with Crippen molar-refractivity contribution in [2.75, 3.05) is 11.9 Å². The fourth-order valence-electron chi connectivity index (χ4n) is 2.74. The fourth-order valence-corrected chi connectivity index (χ4v) is 3.01. The third-order valence-electron chi connectivity index (χ3n) is 4.01. The molecule has 0 unspecified atom stereocenters. The Bertz CT molecular complexity index is 936. The first-order valence-electron chi connectivity index (χ1n) is 7.40. The highest BCUT2D eigenvalue weighted by Gasteiger charge is 2.30. The van der Waals surface area contributed by atoms with Gasteiger partial charge in [-0.1, -0.05) is 41.0 Å². The molecule has 0 N–H and O–H groups in total. The summed E-state index contributed by atoms with van der Waals surface area (Å²) in [7, 11) is 1.66. The van der Waals surface area contributed by atoms with E-state index in [9.17, 15) is 4.79 Å². The lowest BCUT2D eigenvalue weighted by Gasteiger charge is -2.19. The SMILES string of the molecule is CN(C(=O)c1noc2c1COc1ccccc1-2)c1ccccc1Cl. The Morgan fingerprint density at radius 2 is 1.92 bits per heavy atom. The van der Waals surface area contributed by atoms with Gasteiger partial charge in [-0.2, -0.15) is 0 Å². The van der Waals surface area contributed by atoms with Gasteiger partial charge >= 0.3 is 0 Å². The molecule has 24 heavy (non-hydrogen) atoms. The van der Waals surface area contributed by atoms with Gasteiger partial charge in [-0.05, 0) is 24.3 Å². The summed E-state index contributed by atoms with van der Waals surface area (Å²) in [6.45, 7) is 0.243. The first-order valence-corrected chi connectivity index (χ1v) is 7.78. The minimum atomic E-state index is -0.295. The van der Waals surface area contributed by atoms with Crippen LogP contribution >= 0.6 is 11.6 Å². The van der Waals surface area contributed by atoms with E-state index in [1.807, 2.05) is 36.4 Å². The highest BCUT2D eigenvalue weighted by atomic mass is 35.5. The largest absolute Gasteiger partial charge is 0.488 e. The molecule has 4 rings (SSSR count). The molecule has 0 saturated heterocycles. The molecule has 6 heteroatoms. The van der Waals surface area contributed by atoms with Crippen LogP contribution < -0.4 is 9.64 Å². The van der Waals surface area contributed by atoms with Crippen LogP contribution in [0.1, 0.15) is 16.1 Å². The lowest BCUT2D eigenvalue weighted by atomic mass is 10.0. The van der Waals surface area contributed by atoms with Gasteiger partial charge in [0.2, 0.25) is 0 Å². The Balaban J connectivity index is 1.74. The Morgan fingerprint density at radius 3 is 2.75 bits per heavy atom. The van der Waals surface area contributed by atoms with Gasteiger partial charge in [0.15, 0.2) is 11.5 Å². The van der Waals surface area contributed by atoms with Gasteiger partial charge in [0, 0.05) is 7.05 Å². The molecular weight excluding hydrogens is 328 g/mol. The van der Waals surface area contributed by atoms with E-state index in [1.165, 1.54) is 4.90 Å². The summed E-state index contributed by atoms with van der Waals surface area (Å²) < 4.78 is 11.2. The van der Waals surface area contributed by atoms with E-state index in [2.05, 4.69) is 5.16 Å². The summed E-state index contributed by atoms with van der Waals surface area (Å²) in [4.78, 5) is 14.3. The van der Waals surface area contributed by atoms with Crippen molar-refractivity contribution in [3.05, 3.63) is 64.8 Å². The Hall–Kier alpha value is -2.79. The van der Waals surface area contributed by atoms with E-state index < -0.39 is 0 Å². The van der Waals surface area contributed by atoms with Crippen LogP contribution in [0, 0.1) is 0 Å². The number of amides is 1. The van der Waals surface area contributed by atoms with Crippen LogP contribution in [-0.4, -0.2) is 18.1 Å². The highest BCUT2D eigenvalue weighted by Crippen LogP contribution is 2.39. The second kappa shape index (κ2) is 5.69. The lowest BCUT2D eigenvalue weighted by molar-refractivity contribution is 0.0982. The van der Waals surface area contributed by atoms with Gasteiger partial charge < -0.3 is 14.2 Å². The number of hydrogen-bond donors (Lipinski definition) is 0. The molecule has 5 nitrogen and oxygen atoms in total. The maximum absolute atomic E-state index is 12.8. The molecule has 1 aliphatic rings. The van der Waals surface area contributed by atoms with Crippen LogP contribution in [0.4, 0.5) is 5.69 Å². The molecular formula is C18H13ClN2O3. The average Bonchev–Trinajstić information content (AvgIpc) is 3.05. The summed E-state index contributed by atoms with van der Waals surface area (Å²) >= 11 is 6.17. The number of benzene rings is 2. The zero-order chi connectivity index (χ0) is 16.7. The quantitative estimate of drug-likeness (QED) is 0.702. The molecule has 3 aromatic rings. The first-order chi connectivity index (χ1) is 11.7. The zero-order valence-corrected chi connectivity index (χ0v) is 13.6. The number of nitrogens with zero attached hydrogens (tertiary/aromatic N) is 2. The number of rotatable bonds is 2. The summed E-state index contributed by atoms with van der Waals surface area (Å²) in [5.41, 5.74) is 2.29. The Labute approximate surface area is 143 Å². The number of anilines is 1. The second-order valence-corrected chi connectivity index (χ2v) is 5.85. The number of para-hydroxylation sites is 2. The number of carbonyl (C=O) groups excluding carboxylic acids is 1. The Kier molecular flexibility index (Phi) is 3.50. The molecule has 0 bridgehead atoms. The van der Waals surface area contributed by atoms with Crippen LogP contribution in [0.25, 0.3) is 11.3 Å². The summed E-state index contributed by atoms with van der Waals surface area (Å²) in [5.74, 6) is 1.00. The number of ether oxygens (including phenoxy) is 1. The predicted octanol–water partition coefficient (Wildman–Crippen LogP) is 4.16. The van der Waals surface area contributed by atoms with Gasteiger partial charge in [0.25, 0.3) is 5.91 Å². The van der Waals surface area contributed by atoms with E-state index in [4.69, 9.17) is 20.9 Å². The second-order valence-electron chi connectivity index (χ2n) is 5.44.